The van der Waals surface area contributed by atoms with E-state index in [0.29, 0.717) is 46.1 Å². The van der Waals surface area contributed by atoms with Crippen molar-refractivity contribution in [1.82, 2.24) is 0 Å². The predicted octanol–water partition coefficient (Wildman–Crippen LogP) is 3.35. The van der Waals surface area contributed by atoms with Crippen LogP contribution in [-0.4, -0.2) is 42.6 Å². The number of fused-ring (bicyclic) bond motifs is 6. The van der Waals surface area contributed by atoms with Gasteiger partial charge in [0.25, 0.3) is 0 Å². The quantitative estimate of drug-likeness (QED) is 0.467. The molecule has 0 bridgehead atoms. The van der Waals surface area contributed by atoms with E-state index in [9.17, 15) is 9.90 Å². The van der Waals surface area contributed by atoms with E-state index in [1.54, 1.807) is 30.3 Å². The number of carbonyl (C=O) groups excluding carboxylic acids is 1. The van der Waals surface area contributed by atoms with Crippen molar-refractivity contribution in [3.8, 4) is 23.0 Å². The minimum atomic E-state index is -1.17. The van der Waals surface area contributed by atoms with Crippen LogP contribution in [0.25, 0.3) is 0 Å². The van der Waals surface area contributed by atoms with Crippen LogP contribution in [0.1, 0.15) is 27.0 Å². The van der Waals surface area contributed by atoms with Gasteiger partial charge >= 0.3 is 5.97 Å². The van der Waals surface area contributed by atoms with Crippen LogP contribution in [0, 0.1) is 0 Å². The van der Waals surface area contributed by atoms with E-state index in [4.69, 9.17) is 24.1 Å². The number of carbonyl (C=O) groups is 1. The molecule has 2 N–H and O–H groups in total. The van der Waals surface area contributed by atoms with Gasteiger partial charge in [0, 0.05) is 22.8 Å². The summed E-state index contributed by atoms with van der Waals surface area (Å²) in [6.45, 7) is 0.821. The highest BCUT2D eigenvalue weighted by Crippen LogP contribution is 2.56. The molecule has 7 nitrogen and oxygen atoms in total. The number of phenols is 1. The normalized spacial score (nSPS) is 18.0. The van der Waals surface area contributed by atoms with E-state index < -0.39 is 11.6 Å². The van der Waals surface area contributed by atoms with E-state index >= 15 is 0 Å². The van der Waals surface area contributed by atoms with Crippen molar-refractivity contribution in [3.05, 3.63) is 82.9 Å². The Kier molecular flexibility index (Phi) is 4.77. The minimum Gasteiger partial charge on any atom is -0.508 e. The minimum absolute atomic E-state index is 0.0444. The molecule has 0 saturated heterocycles. The Balaban J connectivity index is 1.58. The van der Waals surface area contributed by atoms with Crippen molar-refractivity contribution in [3.63, 3.8) is 0 Å². The number of rotatable bonds is 6. The maximum Gasteiger partial charge on any atom is 0.340 e. The number of hydrogen-bond acceptors (Lipinski definition) is 7. The van der Waals surface area contributed by atoms with Crippen LogP contribution in [0.5, 0.6) is 23.0 Å². The first-order chi connectivity index (χ1) is 15.1. The zero-order chi connectivity index (χ0) is 21.4. The molecule has 1 unspecified atom stereocenters. The number of aliphatic hydroxyl groups excluding tert-OH is 1. The van der Waals surface area contributed by atoms with Crippen molar-refractivity contribution in [2.24, 2.45) is 0 Å². The largest absolute Gasteiger partial charge is 0.508 e. The van der Waals surface area contributed by atoms with E-state index in [-0.39, 0.29) is 25.6 Å². The summed E-state index contributed by atoms with van der Waals surface area (Å²) >= 11 is 0. The molecule has 2 heterocycles. The van der Waals surface area contributed by atoms with Crippen molar-refractivity contribution < 1.29 is 34.0 Å². The Hall–Kier alpha value is -3.55. The molecule has 0 aromatic heterocycles. The second kappa shape index (κ2) is 7.61. The van der Waals surface area contributed by atoms with Crippen molar-refractivity contribution in [2.75, 3.05) is 26.4 Å². The fourth-order valence-corrected chi connectivity index (χ4v) is 4.12. The molecule has 0 amide bonds. The number of para-hydroxylation sites is 1. The molecule has 0 radical (unpaired) electrons. The van der Waals surface area contributed by atoms with Gasteiger partial charge in [-0.15, -0.1) is 0 Å². The standard InChI is InChI=1S/C24H20O7/c25-9-10-28-11-12-29-16-6-8-18-17(14-16)23(27)31-24(18)19-3-1-2-4-21(19)30-22-13-15(26)5-7-20(22)24/h1-8,13-14,25-26H,9-12H2. The molecule has 3 aromatic rings. The zero-order valence-electron chi connectivity index (χ0n) is 16.5. The molecule has 5 rings (SSSR count). The highest BCUT2D eigenvalue weighted by molar-refractivity contribution is 5.97. The molecule has 0 fully saturated rings. The monoisotopic (exact) mass is 420 g/mol. The lowest BCUT2D eigenvalue weighted by atomic mass is 9.77. The smallest absolute Gasteiger partial charge is 0.340 e. The molecular weight excluding hydrogens is 400 g/mol. The van der Waals surface area contributed by atoms with Crippen LogP contribution < -0.4 is 9.47 Å². The summed E-state index contributed by atoms with van der Waals surface area (Å²) < 4.78 is 22.9. The van der Waals surface area contributed by atoms with Crippen LogP contribution in [0.4, 0.5) is 0 Å². The number of hydrogen-bond donors (Lipinski definition) is 2. The highest BCUT2D eigenvalue weighted by Gasteiger charge is 2.53. The van der Waals surface area contributed by atoms with E-state index in [0.717, 1.165) is 0 Å². The van der Waals surface area contributed by atoms with Crippen molar-refractivity contribution >= 4 is 5.97 Å². The molecule has 7 heteroatoms. The number of aromatic hydroxyl groups is 1. The number of benzene rings is 3. The fraction of sp³-hybridized carbons (Fsp3) is 0.208. The number of ether oxygens (including phenoxy) is 4. The van der Waals surface area contributed by atoms with Gasteiger partial charge in [0.15, 0.2) is 5.60 Å². The lowest BCUT2D eigenvalue weighted by molar-refractivity contribution is 0.0224. The second-order valence-electron chi connectivity index (χ2n) is 7.24. The maximum absolute atomic E-state index is 13.0. The molecule has 1 spiro atoms. The topological polar surface area (TPSA) is 94.5 Å². The van der Waals surface area contributed by atoms with Gasteiger partial charge in [-0.3, -0.25) is 0 Å². The average molecular weight is 420 g/mol. The Bertz CT molecular complexity index is 1160. The molecule has 3 aromatic carbocycles. The van der Waals surface area contributed by atoms with Gasteiger partial charge in [0.1, 0.15) is 29.6 Å². The van der Waals surface area contributed by atoms with E-state index in [1.165, 1.54) is 6.07 Å². The Morgan fingerprint density at radius 3 is 2.55 bits per heavy atom. The first-order valence-corrected chi connectivity index (χ1v) is 9.93. The lowest BCUT2D eigenvalue weighted by Crippen LogP contribution is -2.32. The predicted molar refractivity (Wildman–Crippen MR) is 110 cm³/mol. The summed E-state index contributed by atoms with van der Waals surface area (Å²) in [5.41, 5.74) is 1.27. The summed E-state index contributed by atoms with van der Waals surface area (Å²) in [5.74, 6) is 1.10. The van der Waals surface area contributed by atoms with Crippen LogP contribution in [-0.2, 0) is 15.1 Å². The number of aliphatic hydroxyl groups is 1. The second-order valence-corrected chi connectivity index (χ2v) is 7.24. The van der Waals surface area contributed by atoms with Crippen molar-refractivity contribution in [2.45, 2.75) is 5.60 Å². The Labute approximate surface area is 178 Å². The van der Waals surface area contributed by atoms with Crippen LogP contribution >= 0.6 is 0 Å². The molecule has 0 saturated carbocycles. The first-order valence-electron chi connectivity index (χ1n) is 9.93. The molecule has 2 aliphatic rings. The van der Waals surface area contributed by atoms with Gasteiger partial charge in [-0.05, 0) is 36.4 Å². The summed E-state index contributed by atoms with van der Waals surface area (Å²) in [4.78, 5) is 13.0. The lowest BCUT2D eigenvalue weighted by Gasteiger charge is -2.36. The van der Waals surface area contributed by atoms with Crippen LogP contribution in [0.3, 0.4) is 0 Å². The fourth-order valence-electron chi connectivity index (χ4n) is 4.12. The van der Waals surface area contributed by atoms with Gasteiger partial charge in [-0.1, -0.05) is 18.2 Å². The van der Waals surface area contributed by atoms with Gasteiger partial charge < -0.3 is 29.2 Å². The summed E-state index contributed by atoms with van der Waals surface area (Å²) in [6.07, 6.45) is 0. The summed E-state index contributed by atoms with van der Waals surface area (Å²) in [7, 11) is 0. The zero-order valence-corrected chi connectivity index (χ0v) is 16.5. The highest BCUT2D eigenvalue weighted by atomic mass is 16.6. The third kappa shape index (κ3) is 3.10. The summed E-state index contributed by atoms with van der Waals surface area (Å²) in [5, 5.41) is 18.7. The third-order valence-electron chi connectivity index (χ3n) is 5.40. The molecule has 1 atom stereocenters. The van der Waals surface area contributed by atoms with E-state index in [2.05, 4.69) is 0 Å². The maximum atomic E-state index is 13.0. The van der Waals surface area contributed by atoms with Crippen molar-refractivity contribution in [1.29, 1.82) is 0 Å². The number of esters is 1. The average Bonchev–Trinajstić information content (AvgIpc) is 3.06. The molecule has 2 aliphatic heterocycles. The molecule has 31 heavy (non-hydrogen) atoms. The molecule has 158 valence electrons. The SMILES string of the molecule is O=C1OC2(c3ccccc3Oc3cc(O)ccc32)c2ccc(OCCOCCO)cc21. The molecule has 0 aliphatic carbocycles. The Morgan fingerprint density at radius 1 is 0.871 bits per heavy atom. The van der Waals surface area contributed by atoms with E-state index in [1.807, 2.05) is 24.3 Å². The molecular formula is C24H20O7. The third-order valence-corrected chi connectivity index (χ3v) is 5.40. The number of phenolic OH excluding ortho intramolecular Hbond substituents is 1. The van der Waals surface area contributed by atoms with Gasteiger partial charge in [-0.25, -0.2) is 4.79 Å². The first kappa shape index (κ1) is 19.4. The van der Waals surface area contributed by atoms with Gasteiger partial charge in [0.2, 0.25) is 0 Å². The van der Waals surface area contributed by atoms with Gasteiger partial charge in [-0.2, -0.15) is 0 Å². The van der Waals surface area contributed by atoms with Gasteiger partial charge in [0.05, 0.1) is 25.4 Å². The Morgan fingerprint density at radius 2 is 1.68 bits per heavy atom. The van der Waals surface area contributed by atoms with Crippen LogP contribution in [0.15, 0.2) is 60.7 Å². The van der Waals surface area contributed by atoms with Crippen LogP contribution in [0.2, 0.25) is 0 Å². The summed E-state index contributed by atoms with van der Waals surface area (Å²) in [6, 6.07) is 17.4.